The molecule has 0 nitrogen and oxygen atoms in total. The Labute approximate surface area is 395 Å². The molecule has 0 fully saturated rings. The minimum atomic E-state index is 1.49. The molecule has 0 bridgehead atoms. The van der Waals surface area contributed by atoms with Crippen LogP contribution in [0.1, 0.15) is 0 Å². The van der Waals surface area contributed by atoms with Crippen LogP contribution in [0, 0.1) is 0 Å². The van der Waals surface area contributed by atoms with Crippen LogP contribution in [0.2, 0.25) is 0 Å². The highest BCUT2D eigenvalue weighted by molar-refractivity contribution is 9.62. The van der Waals surface area contributed by atoms with E-state index in [4.69, 9.17) is 0 Å². The molecule has 0 unspecified atom stereocenters. The first kappa shape index (κ1) is 55.4. The largest absolute Gasteiger partial charge is 0.0988 e. The summed E-state index contributed by atoms with van der Waals surface area (Å²) < 4.78 is 0. The predicted molar refractivity (Wildman–Crippen MR) is 314 cm³/mol. The minimum Gasteiger partial charge on any atom is -0.0988 e. The van der Waals surface area contributed by atoms with Crippen molar-refractivity contribution in [2.24, 2.45) is 0 Å². The lowest BCUT2D eigenvalue weighted by molar-refractivity contribution is 5.60. The third kappa shape index (κ3) is 54.3. The van der Waals surface area contributed by atoms with Gasteiger partial charge in [0.05, 0.1) is 0 Å². The molecule has 0 N–H and O–H groups in total. The summed E-state index contributed by atoms with van der Waals surface area (Å²) >= 11 is 8.17. The zero-order valence-corrected chi connectivity index (χ0v) is 50.4. The highest BCUT2D eigenvalue weighted by Gasteiger charge is 2.03. The fraction of sp³-hybridized carbons (Fsp3) is 0. The Kier molecular flexibility index (Phi) is 73.4. The van der Waals surface area contributed by atoms with Crippen molar-refractivity contribution in [3.63, 3.8) is 0 Å². The number of rotatable bonds is 38. The summed E-state index contributed by atoms with van der Waals surface area (Å²) in [7, 11) is 69.8. The first-order chi connectivity index (χ1) is 20.4. The van der Waals surface area contributed by atoms with Crippen LogP contribution in [0.3, 0.4) is 0 Å². The van der Waals surface area contributed by atoms with E-state index in [0.717, 1.165) is 0 Å². The lowest BCUT2D eigenvalue weighted by atomic mass is 30.1. The molecule has 0 aromatic heterocycles. The summed E-state index contributed by atoms with van der Waals surface area (Å²) in [6, 6.07) is 0. The molecule has 0 heterocycles. The molecule has 0 atom stereocenters. The van der Waals surface area contributed by atoms with Gasteiger partial charge < -0.3 is 0 Å². The summed E-state index contributed by atoms with van der Waals surface area (Å²) in [5, 5.41) is 0. The maximum Gasteiger partial charge on any atom is 0 e. The maximum atomic E-state index is 4.08. The van der Waals surface area contributed by atoms with Gasteiger partial charge in [0.1, 0.15) is 0 Å². The Hall–Kier alpha value is 14.3. The zero-order chi connectivity index (χ0) is 29.6. The molecule has 0 rings (SSSR count). The van der Waals surface area contributed by atoms with Crippen molar-refractivity contribution in [1.29, 1.82) is 0 Å². The Morgan fingerprint density at radius 2 is 0.195 bits per heavy atom. The van der Waals surface area contributed by atoms with Gasteiger partial charge >= 0.3 is 0 Å². The average Bonchev–Trinajstić information content (AvgIpc) is 2.98. The Morgan fingerprint density at radius 1 is 0.122 bits per heavy atom. The van der Waals surface area contributed by atoms with Gasteiger partial charge in [-0.2, -0.15) is 0 Å². The third-order valence-corrected chi connectivity index (χ3v) is 85.9. The molecule has 0 spiro atoms. The van der Waals surface area contributed by atoms with E-state index in [-0.39, 0.29) is 0 Å². The smallest absolute Gasteiger partial charge is 0 e. The van der Waals surface area contributed by atoms with Crippen molar-refractivity contribution in [1.82, 2.24) is 0 Å². The van der Waals surface area contributed by atoms with Gasteiger partial charge in [-0.1, -0.05) is 23.3 Å². The monoisotopic (exact) mass is 1310 g/mol. The lowest BCUT2D eigenvalue weighted by Gasteiger charge is -1.99. The van der Waals surface area contributed by atoms with E-state index in [1.807, 2.05) is 265 Å². The summed E-state index contributed by atoms with van der Waals surface area (Å²) in [6.45, 7) is 0. The second kappa shape index (κ2) is 54.3. The van der Waals surface area contributed by atoms with Gasteiger partial charge in [-0.15, -0.1) is 0 Å². The highest BCUT2D eigenvalue weighted by atomic mass is 34.1. The van der Waals surface area contributed by atoms with E-state index in [9.17, 15) is 0 Å². The molecule has 0 aliphatic carbocycles. The normalized spacial score (nSPS) is 11.6. The van der Waals surface area contributed by atoms with Crippen LogP contribution in [0.5, 0.6) is 0 Å². The van der Waals surface area contributed by atoms with Crippen molar-refractivity contribution < 1.29 is 0 Å². The van der Waals surface area contributed by atoms with Gasteiger partial charge in [0.25, 0.3) is 0 Å². The third-order valence-electron chi connectivity index (χ3n) is 1.06. The maximum absolute atomic E-state index is 4.08. The Balaban J connectivity index is 3.02. The van der Waals surface area contributed by atoms with Gasteiger partial charge in [-0.05, 0) is 157 Å². The first-order valence-corrected chi connectivity index (χ1v) is 60.3. The van der Waals surface area contributed by atoms with Gasteiger partial charge in [0.2, 0.25) is 0 Å². The van der Waals surface area contributed by atoms with E-state index >= 15 is 0 Å². The van der Waals surface area contributed by atoms with Crippen molar-refractivity contribution in [3.8, 4) is 0 Å². The van der Waals surface area contributed by atoms with Crippen LogP contribution in [0.15, 0.2) is 0 Å². The number of thiol groups is 2. The van der Waals surface area contributed by atoms with Crippen molar-refractivity contribution >= 4 is 407 Å². The van der Waals surface area contributed by atoms with Gasteiger partial charge in [-0.25, -0.2) is 0 Å². The molecule has 0 aliphatic rings. The van der Waals surface area contributed by atoms with E-state index in [1.165, 1.54) is 19.7 Å². The molecule has 248 valence electrons. The molecule has 41 heavy (non-hydrogen) atoms. The molecular formula is H2S41. The van der Waals surface area contributed by atoms with Crippen LogP contribution in [0.25, 0.3) is 0 Å². The lowest BCUT2D eigenvalue weighted by Crippen LogP contribution is -1.35. The van der Waals surface area contributed by atoms with Crippen molar-refractivity contribution in [2.75, 3.05) is 0 Å². The van der Waals surface area contributed by atoms with Crippen molar-refractivity contribution in [2.45, 2.75) is 0 Å². The van der Waals surface area contributed by atoms with E-state index in [2.05, 4.69) is 23.3 Å². The van der Waals surface area contributed by atoms with Gasteiger partial charge in [0.15, 0.2) is 0 Å². The Bertz CT molecular complexity index is 374. The molecule has 0 aromatic rings. The van der Waals surface area contributed by atoms with Crippen molar-refractivity contribution in [3.05, 3.63) is 0 Å². The fourth-order valence-corrected chi connectivity index (χ4v) is 102. The summed E-state index contributed by atoms with van der Waals surface area (Å²) in [5.41, 5.74) is 0. The first-order valence-electron chi connectivity index (χ1n) is 6.70. The SMILES string of the molecule is SSSSSSSSSSSSSSSSSSSSSSSSSSSSSSSSSSSSSSSSS. The number of hydrogen-bond acceptors (Lipinski definition) is 41. The molecule has 0 radical (unpaired) electrons. The quantitative estimate of drug-likeness (QED) is 0.0342. The van der Waals surface area contributed by atoms with Crippen LogP contribution in [-0.2, 0) is 0 Å². The topological polar surface area (TPSA) is 0 Å². The van der Waals surface area contributed by atoms with E-state index in [1.54, 1.807) is 98.3 Å². The van der Waals surface area contributed by atoms with Crippen LogP contribution in [0.4, 0.5) is 0 Å². The molecular weight excluding hydrogens is 1310 g/mol. The van der Waals surface area contributed by atoms with E-state index < -0.39 is 0 Å². The molecule has 0 amide bonds. The standard InChI is InChI=1S/H2S41/c1-3-5-7-9-11-13-15-17-19-21-23-25-27-29-31-33-35-37-39-41-40-38-36-34-32-30-28-26-24-22-20-18-16-14-12-10-8-6-4-2/h1-2H. The van der Waals surface area contributed by atoms with Crippen LogP contribution < -0.4 is 0 Å². The second-order valence-corrected chi connectivity index (χ2v) is 72.0. The second-order valence-electron chi connectivity index (χ2n) is 2.67. The molecule has 0 saturated heterocycles. The van der Waals surface area contributed by atoms with E-state index in [0.29, 0.717) is 0 Å². The molecule has 0 aliphatic heterocycles. The molecule has 0 aromatic carbocycles. The Morgan fingerprint density at radius 3 is 0.268 bits per heavy atom. The summed E-state index contributed by atoms with van der Waals surface area (Å²) in [5.74, 6) is 0. The number of hydrogen-bond donors (Lipinski definition) is 2. The fourth-order valence-electron chi connectivity index (χ4n) is 0.422. The average molecular weight is 1320 g/mol. The minimum absolute atomic E-state index is 1.49. The van der Waals surface area contributed by atoms with Gasteiger partial charge in [-0.3, -0.25) is 0 Å². The zero-order valence-electron chi connectivity index (χ0n) is 16.8. The van der Waals surface area contributed by atoms with Gasteiger partial charge in [0, 0.05) is 226 Å². The summed E-state index contributed by atoms with van der Waals surface area (Å²) in [6.07, 6.45) is 0. The molecule has 0 saturated carbocycles. The van der Waals surface area contributed by atoms with Crippen LogP contribution >= 0.6 is 407 Å². The van der Waals surface area contributed by atoms with Crippen LogP contribution in [-0.4, -0.2) is 0 Å². The summed E-state index contributed by atoms with van der Waals surface area (Å²) in [4.78, 5) is 0. The predicted octanol–water partition coefficient (Wildman–Crippen LogP) is 26.0. The highest BCUT2D eigenvalue weighted by Crippen LogP contribution is 2.68. The molecule has 41 heteroatoms.